The minimum absolute atomic E-state index is 0.227. The summed E-state index contributed by atoms with van der Waals surface area (Å²) in [7, 11) is 0. The summed E-state index contributed by atoms with van der Waals surface area (Å²) in [4.78, 5) is 23.4. The van der Waals surface area contributed by atoms with Crippen molar-refractivity contribution in [3.8, 4) is 11.5 Å². The Bertz CT molecular complexity index is 460. The Morgan fingerprint density at radius 3 is 2.07 bits per heavy atom. The fourth-order valence-electron chi connectivity index (χ4n) is 1.31. The third kappa shape index (κ3) is 1.43. The lowest BCUT2D eigenvalue weighted by molar-refractivity contribution is -0.119. The molecule has 1 aromatic carbocycles. The van der Waals surface area contributed by atoms with E-state index in [1.807, 2.05) is 0 Å². The molecule has 5 heteroatoms. The molecule has 1 aliphatic rings. The maximum absolute atomic E-state index is 11.3. The van der Waals surface area contributed by atoms with Gasteiger partial charge in [-0.1, -0.05) is 0 Å². The molecule has 0 spiro atoms. The highest BCUT2D eigenvalue weighted by Gasteiger charge is 2.25. The zero-order valence-electron chi connectivity index (χ0n) is 7.54. The summed E-state index contributed by atoms with van der Waals surface area (Å²) >= 11 is 0. The molecule has 0 bridgehead atoms. The van der Waals surface area contributed by atoms with Crippen LogP contribution in [0.1, 0.15) is 0 Å². The Kier molecular flexibility index (Phi) is 1.93. The van der Waals surface area contributed by atoms with Crippen molar-refractivity contribution in [2.45, 2.75) is 0 Å². The van der Waals surface area contributed by atoms with Crippen molar-refractivity contribution in [1.82, 2.24) is 0 Å². The molecule has 1 aromatic rings. The lowest BCUT2D eigenvalue weighted by atomic mass is 10.2. The number of rotatable bonds is 1. The van der Waals surface area contributed by atoms with Crippen LogP contribution in [0.5, 0.6) is 11.5 Å². The van der Waals surface area contributed by atoms with Gasteiger partial charge < -0.3 is 10.2 Å². The average Bonchev–Trinajstić information content (AvgIpc) is 2.52. The second-order valence-electron chi connectivity index (χ2n) is 3.02. The second kappa shape index (κ2) is 3.13. The normalized spacial score (nSPS) is 15.1. The SMILES string of the molecule is O=C1C=CC(=O)N1c1ccc(O)c(O)c1. The maximum Gasteiger partial charge on any atom is 0.258 e. The van der Waals surface area contributed by atoms with E-state index in [-0.39, 0.29) is 17.2 Å². The number of phenols is 2. The van der Waals surface area contributed by atoms with Gasteiger partial charge in [-0.3, -0.25) is 9.59 Å². The topological polar surface area (TPSA) is 77.8 Å². The minimum Gasteiger partial charge on any atom is -0.504 e. The van der Waals surface area contributed by atoms with Crippen molar-refractivity contribution in [3.63, 3.8) is 0 Å². The number of nitrogens with zero attached hydrogens (tertiary/aromatic N) is 1. The molecular formula is C10H7NO4. The van der Waals surface area contributed by atoms with Crippen molar-refractivity contribution in [1.29, 1.82) is 0 Å². The third-order valence-electron chi connectivity index (χ3n) is 2.03. The van der Waals surface area contributed by atoms with Crippen molar-refractivity contribution < 1.29 is 19.8 Å². The molecule has 76 valence electrons. The van der Waals surface area contributed by atoms with Gasteiger partial charge in [0, 0.05) is 18.2 Å². The molecule has 2 N–H and O–H groups in total. The van der Waals surface area contributed by atoms with Gasteiger partial charge in [-0.15, -0.1) is 0 Å². The average molecular weight is 205 g/mol. The monoisotopic (exact) mass is 205 g/mol. The molecule has 0 fully saturated rings. The van der Waals surface area contributed by atoms with Crippen LogP contribution in [-0.2, 0) is 9.59 Å². The second-order valence-corrected chi connectivity index (χ2v) is 3.02. The summed E-state index contributed by atoms with van der Waals surface area (Å²) in [6.45, 7) is 0. The van der Waals surface area contributed by atoms with Gasteiger partial charge in [-0.05, 0) is 12.1 Å². The van der Waals surface area contributed by atoms with Crippen LogP contribution in [0.15, 0.2) is 30.4 Å². The number of benzene rings is 1. The van der Waals surface area contributed by atoms with E-state index in [0.29, 0.717) is 0 Å². The van der Waals surface area contributed by atoms with E-state index in [0.717, 1.165) is 23.1 Å². The molecular weight excluding hydrogens is 198 g/mol. The van der Waals surface area contributed by atoms with E-state index in [1.165, 1.54) is 12.1 Å². The summed E-state index contributed by atoms with van der Waals surface area (Å²) < 4.78 is 0. The summed E-state index contributed by atoms with van der Waals surface area (Å²) in [6.07, 6.45) is 2.29. The van der Waals surface area contributed by atoms with Gasteiger partial charge in [0.05, 0.1) is 5.69 Å². The lowest BCUT2D eigenvalue weighted by Gasteiger charge is -2.13. The molecule has 15 heavy (non-hydrogen) atoms. The molecule has 0 saturated heterocycles. The van der Waals surface area contributed by atoms with Crippen molar-refractivity contribution >= 4 is 17.5 Å². The molecule has 5 nitrogen and oxygen atoms in total. The molecule has 2 amide bonds. The molecule has 0 atom stereocenters. The van der Waals surface area contributed by atoms with Gasteiger partial charge >= 0.3 is 0 Å². The van der Waals surface area contributed by atoms with Crippen molar-refractivity contribution in [2.24, 2.45) is 0 Å². The van der Waals surface area contributed by atoms with Crippen LogP contribution in [0.4, 0.5) is 5.69 Å². The van der Waals surface area contributed by atoms with Gasteiger partial charge in [0.1, 0.15) is 0 Å². The fraction of sp³-hybridized carbons (Fsp3) is 0. The smallest absolute Gasteiger partial charge is 0.258 e. The Hall–Kier alpha value is -2.30. The quantitative estimate of drug-likeness (QED) is 0.517. The number of hydrogen-bond donors (Lipinski definition) is 2. The highest BCUT2D eigenvalue weighted by atomic mass is 16.3. The molecule has 0 saturated carbocycles. The highest BCUT2D eigenvalue weighted by Crippen LogP contribution is 2.30. The van der Waals surface area contributed by atoms with E-state index in [1.54, 1.807) is 0 Å². The van der Waals surface area contributed by atoms with E-state index in [4.69, 9.17) is 5.11 Å². The van der Waals surface area contributed by atoms with Gasteiger partial charge in [0.15, 0.2) is 11.5 Å². The zero-order valence-corrected chi connectivity index (χ0v) is 7.54. The number of carbonyl (C=O) groups is 2. The van der Waals surface area contributed by atoms with Crippen LogP contribution in [0.2, 0.25) is 0 Å². The number of hydrogen-bond acceptors (Lipinski definition) is 4. The Morgan fingerprint density at radius 1 is 0.933 bits per heavy atom. The van der Waals surface area contributed by atoms with Gasteiger partial charge in [0.2, 0.25) is 0 Å². The molecule has 1 aliphatic heterocycles. The third-order valence-corrected chi connectivity index (χ3v) is 2.03. The predicted octanol–water partition coefficient (Wildman–Crippen LogP) is 0.527. The molecule has 0 aliphatic carbocycles. The van der Waals surface area contributed by atoms with Crippen LogP contribution in [-0.4, -0.2) is 22.0 Å². The number of aromatic hydroxyl groups is 2. The van der Waals surface area contributed by atoms with Gasteiger partial charge in [-0.2, -0.15) is 0 Å². The lowest BCUT2D eigenvalue weighted by Crippen LogP contribution is -2.29. The Balaban J connectivity index is 2.42. The predicted molar refractivity (Wildman–Crippen MR) is 51.4 cm³/mol. The molecule has 0 radical (unpaired) electrons. The van der Waals surface area contributed by atoms with Crippen LogP contribution < -0.4 is 4.90 Å². The van der Waals surface area contributed by atoms with Crippen LogP contribution in [0.25, 0.3) is 0 Å². The first-order chi connectivity index (χ1) is 7.09. The molecule has 2 rings (SSSR count). The maximum atomic E-state index is 11.3. The van der Waals surface area contributed by atoms with Crippen LogP contribution in [0, 0.1) is 0 Å². The fourth-order valence-corrected chi connectivity index (χ4v) is 1.31. The largest absolute Gasteiger partial charge is 0.504 e. The van der Waals surface area contributed by atoms with Crippen LogP contribution >= 0.6 is 0 Å². The number of imide groups is 1. The van der Waals surface area contributed by atoms with E-state index in [2.05, 4.69) is 0 Å². The van der Waals surface area contributed by atoms with Gasteiger partial charge in [0.25, 0.3) is 11.8 Å². The minimum atomic E-state index is -0.468. The van der Waals surface area contributed by atoms with Crippen molar-refractivity contribution in [2.75, 3.05) is 4.90 Å². The summed E-state index contributed by atoms with van der Waals surface area (Å²) in [5.41, 5.74) is 0.227. The molecule has 1 heterocycles. The van der Waals surface area contributed by atoms with E-state index in [9.17, 15) is 14.7 Å². The Morgan fingerprint density at radius 2 is 1.53 bits per heavy atom. The number of carbonyl (C=O) groups excluding carboxylic acids is 2. The van der Waals surface area contributed by atoms with E-state index >= 15 is 0 Å². The van der Waals surface area contributed by atoms with E-state index < -0.39 is 11.8 Å². The first kappa shape index (κ1) is 9.26. The first-order valence-electron chi connectivity index (χ1n) is 4.17. The summed E-state index contributed by atoms with van der Waals surface area (Å²) in [6, 6.07) is 3.74. The Labute approximate surface area is 84.9 Å². The number of phenolic OH excluding ortho intramolecular Hbond substituents is 2. The summed E-state index contributed by atoms with van der Waals surface area (Å²) in [5, 5.41) is 18.3. The molecule has 0 unspecified atom stereocenters. The number of anilines is 1. The number of amides is 2. The standard InChI is InChI=1S/C10H7NO4/c12-7-2-1-6(5-8(7)13)11-9(14)3-4-10(11)15/h1-5,12-13H. The highest BCUT2D eigenvalue weighted by molar-refractivity contribution is 6.28. The van der Waals surface area contributed by atoms with Crippen LogP contribution in [0.3, 0.4) is 0 Å². The molecule has 0 aromatic heterocycles. The summed E-state index contributed by atoms with van der Waals surface area (Å²) in [5.74, 6) is -1.61. The zero-order chi connectivity index (χ0) is 11.0. The first-order valence-corrected chi connectivity index (χ1v) is 4.17. The van der Waals surface area contributed by atoms with Crippen molar-refractivity contribution in [3.05, 3.63) is 30.4 Å². The van der Waals surface area contributed by atoms with Gasteiger partial charge in [-0.25, -0.2) is 4.90 Å².